The van der Waals surface area contributed by atoms with Crippen LogP contribution in [0.1, 0.15) is 12.5 Å². The predicted octanol–water partition coefficient (Wildman–Crippen LogP) is 1.58. The molecule has 0 heterocycles. The van der Waals surface area contributed by atoms with Crippen molar-refractivity contribution in [1.29, 1.82) is 0 Å². The van der Waals surface area contributed by atoms with Gasteiger partial charge in [0.25, 0.3) is 0 Å². The summed E-state index contributed by atoms with van der Waals surface area (Å²) in [6, 6.07) is 3.87. The van der Waals surface area contributed by atoms with Crippen LogP contribution in [0.15, 0.2) is 12.1 Å². The number of rotatable bonds is 7. The Morgan fingerprint density at radius 1 is 1.11 bits per heavy atom. The minimum atomic E-state index is 0.0742. The molecule has 0 aromatic heterocycles. The van der Waals surface area contributed by atoms with Crippen molar-refractivity contribution < 1.29 is 18.9 Å². The summed E-state index contributed by atoms with van der Waals surface area (Å²) >= 11 is 0. The molecule has 1 unspecified atom stereocenters. The second-order valence-electron chi connectivity index (χ2n) is 4.06. The van der Waals surface area contributed by atoms with E-state index in [-0.39, 0.29) is 12.8 Å². The SMILES string of the molecule is COCOc1c(OC)cc(CC(C)N)cc1OC. The minimum absolute atomic E-state index is 0.0742. The van der Waals surface area contributed by atoms with E-state index >= 15 is 0 Å². The maximum absolute atomic E-state index is 5.79. The number of benzene rings is 1. The average Bonchev–Trinajstić information content (AvgIpc) is 2.35. The van der Waals surface area contributed by atoms with E-state index in [2.05, 4.69) is 0 Å². The van der Waals surface area contributed by atoms with Crippen molar-refractivity contribution in [2.24, 2.45) is 5.73 Å². The molecule has 0 saturated heterocycles. The average molecular weight is 255 g/mol. The van der Waals surface area contributed by atoms with E-state index in [9.17, 15) is 0 Å². The first-order valence-corrected chi connectivity index (χ1v) is 5.74. The molecule has 0 spiro atoms. The molecule has 1 rings (SSSR count). The molecule has 0 bridgehead atoms. The second-order valence-corrected chi connectivity index (χ2v) is 4.06. The largest absolute Gasteiger partial charge is 0.493 e. The van der Waals surface area contributed by atoms with Crippen molar-refractivity contribution >= 4 is 0 Å². The molecule has 5 nitrogen and oxygen atoms in total. The summed E-state index contributed by atoms with van der Waals surface area (Å²) in [7, 11) is 4.73. The van der Waals surface area contributed by atoms with Crippen molar-refractivity contribution in [3.63, 3.8) is 0 Å². The van der Waals surface area contributed by atoms with Crippen LogP contribution < -0.4 is 19.9 Å². The lowest BCUT2D eigenvalue weighted by Gasteiger charge is -2.16. The van der Waals surface area contributed by atoms with E-state index < -0.39 is 0 Å². The third kappa shape index (κ3) is 3.78. The molecular weight excluding hydrogens is 234 g/mol. The first-order chi connectivity index (χ1) is 8.62. The molecule has 18 heavy (non-hydrogen) atoms. The zero-order valence-electron chi connectivity index (χ0n) is 11.4. The van der Waals surface area contributed by atoms with Gasteiger partial charge in [-0.05, 0) is 31.0 Å². The van der Waals surface area contributed by atoms with Gasteiger partial charge in [0.2, 0.25) is 5.75 Å². The van der Waals surface area contributed by atoms with Gasteiger partial charge in [0, 0.05) is 13.2 Å². The minimum Gasteiger partial charge on any atom is -0.493 e. The first kappa shape index (κ1) is 14.6. The van der Waals surface area contributed by atoms with Gasteiger partial charge in [0.05, 0.1) is 14.2 Å². The van der Waals surface area contributed by atoms with Gasteiger partial charge in [-0.3, -0.25) is 0 Å². The van der Waals surface area contributed by atoms with E-state index in [0.29, 0.717) is 17.2 Å². The van der Waals surface area contributed by atoms with Gasteiger partial charge < -0.3 is 24.7 Å². The van der Waals surface area contributed by atoms with E-state index in [0.717, 1.165) is 12.0 Å². The van der Waals surface area contributed by atoms with Gasteiger partial charge in [-0.2, -0.15) is 0 Å². The van der Waals surface area contributed by atoms with Crippen molar-refractivity contribution in [2.75, 3.05) is 28.1 Å². The summed E-state index contributed by atoms with van der Waals surface area (Å²) < 4.78 is 21.0. The molecule has 0 amide bonds. The standard InChI is InChI=1S/C13H21NO4/c1-9(14)5-10-6-11(16-3)13(18-8-15-2)12(7-10)17-4/h6-7,9H,5,8,14H2,1-4H3. The third-order valence-corrected chi connectivity index (χ3v) is 2.40. The van der Waals surface area contributed by atoms with Crippen LogP contribution in [0.4, 0.5) is 0 Å². The molecule has 102 valence electrons. The molecule has 0 saturated carbocycles. The fourth-order valence-electron chi connectivity index (χ4n) is 1.68. The van der Waals surface area contributed by atoms with Crippen LogP contribution in [-0.4, -0.2) is 34.2 Å². The van der Waals surface area contributed by atoms with Gasteiger partial charge >= 0.3 is 0 Å². The molecule has 1 aromatic rings. The molecule has 1 aromatic carbocycles. The second kappa shape index (κ2) is 7.08. The van der Waals surface area contributed by atoms with Gasteiger partial charge in [0.1, 0.15) is 0 Å². The van der Waals surface area contributed by atoms with E-state index in [1.54, 1.807) is 21.3 Å². The van der Waals surface area contributed by atoms with E-state index in [1.165, 1.54) is 0 Å². The highest BCUT2D eigenvalue weighted by Crippen LogP contribution is 2.38. The molecule has 0 aliphatic carbocycles. The first-order valence-electron chi connectivity index (χ1n) is 5.74. The number of methoxy groups -OCH3 is 3. The zero-order valence-corrected chi connectivity index (χ0v) is 11.4. The normalized spacial score (nSPS) is 12.1. The molecule has 0 aliphatic rings. The van der Waals surface area contributed by atoms with Crippen LogP contribution in [0.5, 0.6) is 17.2 Å². The Bertz CT molecular complexity index is 354. The smallest absolute Gasteiger partial charge is 0.206 e. The summed E-state index contributed by atoms with van der Waals surface area (Å²) in [5.41, 5.74) is 6.84. The van der Waals surface area contributed by atoms with Gasteiger partial charge in [-0.25, -0.2) is 0 Å². The van der Waals surface area contributed by atoms with Crippen LogP contribution in [0, 0.1) is 0 Å². The highest BCUT2D eigenvalue weighted by molar-refractivity contribution is 5.54. The van der Waals surface area contributed by atoms with E-state index in [4.69, 9.17) is 24.7 Å². The highest BCUT2D eigenvalue weighted by Gasteiger charge is 2.14. The molecule has 2 N–H and O–H groups in total. The number of ether oxygens (including phenoxy) is 4. The molecule has 1 atom stereocenters. The van der Waals surface area contributed by atoms with Gasteiger partial charge in [0.15, 0.2) is 18.3 Å². The van der Waals surface area contributed by atoms with Crippen molar-refractivity contribution in [2.45, 2.75) is 19.4 Å². The van der Waals surface area contributed by atoms with Crippen molar-refractivity contribution in [1.82, 2.24) is 0 Å². The number of hydrogen-bond donors (Lipinski definition) is 1. The quantitative estimate of drug-likeness (QED) is 0.749. The van der Waals surface area contributed by atoms with Gasteiger partial charge in [-0.15, -0.1) is 0 Å². The molecule has 5 heteroatoms. The van der Waals surface area contributed by atoms with Crippen LogP contribution in [0.3, 0.4) is 0 Å². The maximum Gasteiger partial charge on any atom is 0.206 e. The van der Waals surface area contributed by atoms with Crippen molar-refractivity contribution in [3.8, 4) is 17.2 Å². The molecular formula is C13H21NO4. The topological polar surface area (TPSA) is 62.9 Å². The van der Waals surface area contributed by atoms with E-state index in [1.807, 2.05) is 19.1 Å². The molecule has 0 radical (unpaired) electrons. The summed E-state index contributed by atoms with van der Waals surface area (Å²) in [4.78, 5) is 0. The number of nitrogens with two attached hydrogens (primary N) is 1. The Morgan fingerprint density at radius 3 is 2.06 bits per heavy atom. The lowest BCUT2D eigenvalue weighted by Crippen LogP contribution is -2.17. The highest BCUT2D eigenvalue weighted by atomic mass is 16.7. The Kier molecular flexibility index (Phi) is 5.74. The fraction of sp³-hybridized carbons (Fsp3) is 0.538. The third-order valence-electron chi connectivity index (χ3n) is 2.40. The summed E-state index contributed by atoms with van der Waals surface area (Å²) in [5.74, 6) is 1.76. The van der Waals surface area contributed by atoms with Gasteiger partial charge in [-0.1, -0.05) is 0 Å². The van der Waals surface area contributed by atoms with Crippen LogP contribution >= 0.6 is 0 Å². The lowest BCUT2D eigenvalue weighted by atomic mass is 10.1. The summed E-state index contributed by atoms with van der Waals surface area (Å²) in [6.07, 6.45) is 0.747. The summed E-state index contributed by atoms with van der Waals surface area (Å²) in [6.45, 7) is 2.09. The monoisotopic (exact) mass is 255 g/mol. The zero-order chi connectivity index (χ0) is 13.5. The predicted molar refractivity (Wildman–Crippen MR) is 69.4 cm³/mol. The summed E-state index contributed by atoms with van der Waals surface area (Å²) in [5, 5.41) is 0. The molecule has 0 fully saturated rings. The Labute approximate surface area is 108 Å². The molecule has 0 aliphatic heterocycles. The Morgan fingerprint density at radius 2 is 1.67 bits per heavy atom. The van der Waals surface area contributed by atoms with Crippen LogP contribution in [0.25, 0.3) is 0 Å². The fourth-order valence-corrected chi connectivity index (χ4v) is 1.68. The maximum atomic E-state index is 5.79. The Hall–Kier alpha value is -1.46. The van der Waals surface area contributed by atoms with Crippen LogP contribution in [-0.2, 0) is 11.2 Å². The lowest BCUT2D eigenvalue weighted by molar-refractivity contribution is 0.0471. The van der Waals surface area contributed by atoms with Crippen LogP contribution in [0.2, 0.25) is 0 Å². The number of hydrogen-bond acceptors (Lipinski definition) is 5. The Balaban J connectivity index is 3.08. The van der Waals surface area contributed by atoms with Crippen molar-refractivity contribution in [3.05, 3.63) is 17.7 Å².